The summed E-state index contributed by atoms with van der Waals surface area (Å²) in [7, 11) is 1.69. The van der Waals surface area contributed by atoms with E-state index >= 15 is 0 Å². The van der Waals surface area contributed by atoms with Gasteiger partial charge in [0.05, 0.1) is 6.61 Å². The highest BCUT2D eigenvalue weighted by atomic mass is 16.5. The Morgan fingerprint density at radius 2 is 1.90 bits per heavy atom. The second kappa shape index (κ2) is 8.15. The third-order valence-electron chi connectivity index (χ3n) is 4.42. The van der Waals surface area contributed by atoms with E-state index in [4.69, 9.17) is 10.5 Å². The van der Waals surface area contributed by atoms with Crippen molar-refractivity contribution in [1.29, 1.82) is 0 Å². The first-order valence-corrected chi connectivity index (χ1v) is 7.78. The molecule has 21 heavy (non-hydrogen) atoms. The molecule has 0 radical (unpaired) electrons. The summed E-state index contributed by atoms with van der Waals surface area (Å²) in [5, 5.41) is 3.07. The number of ether oxygens (including phenoxy) is 1. The molecular weight excluding hydrogens is 264 g/mol. The molecule has 0 saturated heterocycles. The molecular formula is C17H26N2O2. The maximum Gasteiger partial charge on any atom is 0.223 e. The van der Waals surface area contributed by atoms with E-state index in [1.807, 2.05) is 24.3 Å². The summed E-state index contributed by atoms with van der Waals surface area (Å²) >= 11 is 0. The molecule has 1 aromatic rings. The smallest absolute Gasteiger partial charge is 0.223 e. The number of carbonyl (C=O) groups is 1. The fourth-order valence-corrected chi connectivity index (χ4v) is 3.01. The Bertz CT molecular complexity index is 454. The standard InChI is InChI=1S/C17H26N2O2/c1-21-12-16-5-3-2-4-15(16)11-19-17(20)14-8-6-13(10-18)7-9-14/h2-5,13-14H,6-12,18H2,1H3,(H,19,20). The zero-order valence-electron chi connectivity index (χ0n) is 12.8. The summed E-state index contributed by atoms with van der Waals surface area (Å²) in [5.41, 5.74) is 7.95. The van der Waals surface area contributed by atoms with Crippen LogP contribution in [0, 0.1) is 11.8 Å². The zero-order valence-corrected chi connectivity index (χ0v) is 12.8. The highest BCUT2D eigenvalue weighted by Crippen LogP contribution is 2.28. The van der Waals surface area contributed by atoms with E-state index in [0.717, 1.165) is 43.4 Å². The van der Waals surface area contributed by atoms with Gasteiger partial charge in [-0.2, -0.15) is 0 Å². The lowest BCUT2D eigenvalue weighted by Crippen LogP contribution is -2.34. The number of hydrogen-bond acceptors (Lipinski definition) is 3. The van der Waals surface area contributed by atoms with Crippen LogP contribution >= 0.6 is 0 Å². The van der Waals surface area contributed by atoms with Gasteiger partial charge in [0, 0.05) is 19.6 Å². The molecule has 1 aliphatic rings. The van der Waals surface area contributed by atoms with Crippen LogP contribution in [0.3, 0.4) is 0 Å². The van der Waals surface area contributed by atoms with Crippen LogP contribution in [-0.4, -0.2) is 19.6 Å². The van der Waals surface area contributed by atoms with Crippen LogP contribution in [0.5, 0.6) is 0 Å². The molecule has 0 atom stereocenters. The van der Waals surface area contributed by atoms with Crippen molar-refractivity contribution in [2.45, 2.75) is 38.8 Å². The van der Waals surface area contributed by atoms with Gasteiger partial charge in [0.1, 0.15) is 0 Å². The Morgan fingerprint density at radius 1 is 1.24 bits per heavy atom. The van der Waals surface area contributed by atoms with Crippen LogP contribution in [0.15, 0.2) is 24.3 Å². The van der Waals surface area contributed by atoms with Crippen molar-refractivity contribution in [2.24, 2.45) is 17.6 Å². The molecule has 1 aromatic carbocycles. The lowest BCUT2D eigenvalue weighted by atomic mass is 9.81. The molecule has 1 fully saturated rings. The number of amides is 1. The van der Waals surface area contributed by atoms with Gasteiger partial charge in [-0.1, -0.05) is 24.3 Å². The first-order chi connectivity index (χ1) is 10.2. The van der Waals surface area contributed by atoms with E-state index < -0.39 is 0 Å². The van der Waals surface area contributed by atoms with Gasteiger partial charge in [-0.15, -0.1) is 0 Å². The lowest BCUT2D eigenvalue weighted by Gasteiger charge is -2.26. The number of methoxy groups -OCH3 is 1. The van der Waals surface area contributed by atoms with Gasteiger partial charge in [0.2, 0.25) is 5.91 Å². The zero-order chi connectivity index (χ0) is 15.1. The van der Waals surface area contributed by atoms with E-state index in [9.17, 15) is 4.79 Å². The molecule has 1 saturated carbocycles. The molecule has 0 aliphatic heterocycles. The van der Waals surface area contributed by atoms with Gasteiger partial charge in [-0.25, -0.2) is 0 Å². The average Bonchev–Trinajstić information content (AvgIpc) is 2.54. The minimum absolute atomic E-state index is 0.155. The van der Waals surface area contributed by atoms with E-state index in [2.05, 4.69) is 5.32 Å². The molecule has 1 amide bonds. The minimum atomic E-state index is 0.155. The normalized spacial score (nSPS) is 22.0. The van der Waals surface area contributed by atoms with Crippen molar-refractivity contribution in [3.05, 3.63) is 35.4 Å². The number of rotatable bonds is 6. The summed E-state index contributed by atoms with van der Waals surface area (Å²) in [6.07, 6.45) is 4.09. The molecule has 0 aromatic heterocycles. The Balaban J connectivity index is 1.84. The van der Waals surface area contributed by atoms with Gasteiger partial charge in [-0.05, 0) is 49.3 Å². The van der Waals surface area contributed by atoms with Crippen LogP contribution in [0.4, 0.5) is 0 Å². The van der Waals surface area contributed by atoms with Crippen molar-refractivity contribution in [1.82, 2.24) is 5.32 Å². The lowest BCUT2D eigenvalue weighted by molar-refractivity contribution is -0.126. The molecule has 4 heteroatoms. The first kappa shape index (κ1) is 16.0. The molecule has 1 aliphatic carbocycles. The Morgan fingerprint density at radius 3 is 2.52 bits per heavy atom. The summed E-state index contributed by atoms with van der Waals surface area (Å²) in [4.78, 5) is 12.3. The van der Waals surface area contributed by atoms with Crippen molar-refractivity contribution < 1.29 is 9.53 Å². The molecule has 0 heterocycles. The number of hydrogen-bond donors (Lipinski definition) is 2. The second-order valence-electron chi connectivity index (χ2n) is 5.87. The monoisotopic (exact) mass is 290 g/mol. The molecule has 4 nitrogen and oxygen atoms in total. The van der Waals surface area contributed by atoms with Gasteiger partial charge < -0.3 is 15.8 Å². The second-order valence-corrected chi connectivity index (χ2v) is 5.87. The maximum absolute atomic E-state index is 12.3. The predicted molar refractivity (Wildman–Crippen MR) is 83.5 cm³/mol. The van der Waals surface area contributed by atoms with Crippen LogP contribution in [-0.2, 0) is 22.7 Å². The fraction of sp³-hybridized carbons (Fsp3) is 0.588. The largest absolute Gasteiger partial charge is 0.380 e. The molecule has 3 N–H and O–H groups in total. The summed E-state index contributed by atoms with van der Waals surface area (Å²) < 4.78 is 5.19. The van der Waals surface area contributed by atoms with E-state index in [-0.39, 0.29) is 11.8 Å². The van der Waals surface area contributed by atoms with Crippen molar-refractivity contribution in [2.75, 3.05) is 13.7 Å². The SMILES string of the molecule is COCc1ccccc1CNC(=O)C1CCC(CN)CC1. The van der Waals surface area contributed by atoms with Gasteiger partial charge in [0.15, 0.2) is 0 Å². The van der Waals surface area contributed by atoms with Crippen molar-refractivity contribution in [3.8, 4) is 0 Å². The number of nitrogens with one attached hydrogen (secondary N) is 1. The van der Waals surface area contributed by atoms with Crippen LogP contribution in [0.1, 0.15) is 36.8 Å². The maximum atomic E-state index is 12.3. The number of nitrogens with two attached hydrogens (primary N) is 1. The Hall–Kier alpha value is -1.39. The molecule has 0 unspecified atom stereocenters. The highest BCUT2D eigenvalue weighted by Gasteiger charge is 2.25. The molecule has 0 bridgehead atoms. The summed E-state index contributed by atoms with van der Waals surface area (Å²) in [6.45, 7) is 1.90. The summed E-state index contributed by atoms with van der Waals surface area (Å²) in [5.74, 6) is 0.941. The Labute approximate surface area is 127 Å². The predicted octanol–water partition coefficient (Wildman–Crippen LogP) is 2.21. The van der Waals surface area contributed by atoms with Gasteiger partial charge >= 0.3 is 0 Å². The number of benzene rings is 1. The molecule has 116 valence electrons. The third-order valence-corrected chi connectivity index (χ3v) is 4.42. The van der Waals surface area contributed by atoms with Crippen molar-refractivity contribution >= 4 is 5.91 Å². The Kier molecular flexibility index (Phi) is 6.21. The molecule has 2 rings (SSSR count). The van der Waals surface area contributed by atoms with Crippen LogP contribution < -0.4 is 11.1 Å². The van der Waals surface area contributed by atoms with Gasteiger partial charge in [0.25, 0.3) is 0 Å². The minimum Gasteiger partial charge on any atom is -0.380 e. The number of carbonyl (C=O) groups excluding carboxylic acids is 1. The quantitative estimate of drug-likeness (QED) is 0.844. The van der Waals surface area contributed by atoms with Crippen LogP contribution in [0.2, 0.25) is 0 Å². The summed E-state index contributed by atoms with van der Waals surface area (Å²) in [6, 6.07) is 8.07. The van der Waals surface area contributed by atoms with E-state index in [0.29, 0.717) is 19.1 Å². The topological polar surface area (TPSA) is 64.3 Å². The fourth-order valence-electron chi connectivity index (χ4n) is 3.01. The van der Waals surface area contributed by atoms with Gasteiger partial charge in [-0.3, -0.25) is 4.79 Å². The molecule has 0 spiro atoms. The van der Waals surface area contributed by atoms with E-state index in [1.54, 1.807) is 7.11 Å². The van der Waals surface area contributed by atoms with Crippen LogP contribution in [0.25, 0.3) is 0 Å². The van der Waals surface area contributed by atoms with Crippen molar-refractivity contribution in [3.63, 3.8) is 0 Å². The first-order valence-electron chi connectivity index (χ1n) is 7.78. The average molecular weight is 290 g/mol. The highest BCUT2D eigenvalue weighted by molar-refractivity contribution is 5.78. The van der Waals surface area contributed by atoms with E-state index in [1.165, 1.54) is 0 Å². The third kappa shape index (κ3) is 4.55.